The third-order valence-electron chi connectivity index (χ3n) is 3.90. The van der Waals surface area contributed by atoms with Crippen LogP contribution in [0.3, 0.4) is 0 Å². The Morgan fingerprint density at radius 2 is 1.73 bits per heavy atom. The van der Waals surface area contributed by atoms with Crippen LogP contribution in [0.15, 0.2) is 42.5 Å². The average Bonchev–Trinajstić information content (AvgIpc) is 2.49. The number of hydrogen-bond acceptors (Lipinski definition) is 1. The lowest BCUT2D eigenvalue weighted by Crippen LogP contribution is -2.04. The molecular weight excluding hydrogens is 286 g/mol. The first-order valence-corrected chi connectivity index (χ1v) is 7.07. The molecule has 22 heavy (non-hydrogen) atoms. The van der Waals surface area contributed by atoms with Gasteiger partial charge >= 0.3 is 5.97 Å². The molecule has 0 aromatic heterocycles. The molecule has 1 aliphatic rings. The molecule has 2 aromatic rings. The summed E-state index contributed by atoms with van der Waals surface area (Å²) in [7, 11) is 0. The normalized spacial score (nSPS) is 15.6. The molecule has 0 fully saturated rings. The van der Waals surface area contributed by atoms with Gasteiger partial charge in [-0.3, -0.25) is 0 Å². The second-order valence-electron chi connectivity index (χ2n) is 5.36. The number of carboxylic acid groups (broad SMARTS) is 1. The summed E-state index contributed by atoms with van der Waals surface area (Å²) in [6.45, 7) is 0. The van der Waals surface area contributed by atoms with Crippen LogP contribution in [0.1, 0.15) is 24.0 Å². The zero-order chi connectivity index (χ0) is 15.7. The van der Waals surface area contributed by atoms with Crippen molar-refractivity contribution in [3.05, 3.63) is 65.2 Å². The van der Waals surface area contributed by atoms with E-state index in [0.29, 0.717) is 12.0 Å². The molecule has 4 heteroatoms. The Labute approximate surface area is 126 Å². The highest BCUT2D eigenvalue weighted by Crippen LogP contribution is 2.34. The lowest BCUT2D eigenvalue weighted by molar-refractivity contribution is -0.131. The number of aryl methyl sites for hydroxylation is 1. The van der Waals surface area contributed by atoms with E-state index in [1.165, 1.54) is 12.1 Å². The summed E-state index contributed by atoms with van der Waals surface area (Å²) in [6.07, 6.45) is 3.74. The number of carbonyl (C=O) groups is 1. The Kier molecular flexibility index (Phi) is 3.75. The molecule has 0 spiro atoms. The first-order chi connectivity index (χ1) is 10.5. The van der Waals surface area contributed by atoms with E-state index in [4.69, 9.17) is 5.11 Å². The van der Waals surface area contributed by atoms with Crippen molar-refractivity contribution in [2.24, 2.45) is 0 Å². The molecule has 0 unspecified atom stereocenters. The first kappa shape index (κ1) is 14.4. The van der Waals surface area contributed by atoms with Gasteiger partial charge in [0.1, 0.15) is 0 Å². The minimum atomic E-state index is -0.971. The van der Waals surface area contributed by atoms with E-state index in [9.17, 15) is 13.6 Å². The Hall–Kier alpha value is -2.49. The second-order valence-corrected chi connectivity index (χ2v) is 5.36. The van der Waals surface area contributed by atoms with Gasteiger partial charge in [-0.2, -0.15) is 0 Å². The Morgan fingerprint density at radius 1 is 1.00 bits per heavy atom. The van der Waals surface area contributed by atoms with Gasteiger partial charge < -0.3 is 5.11 Å². The molecule has 0 bridgehead atoms. The largest absolute Gasteiger partial charge is 0.478 e. The van der Waals surface area contributed by atoms with Crippen LogP contribution in [-0.2, 0) is 11.2 Å². The van der Waals surface area contributed by atoms with Crippen LogP contribution in [0.25, 0.3) is 16.7 Å². The molecule has 0 aliphatic heterocycles. The van der Waals surface area contributed by atoms with Gasteiger partial charge in [-0.25, -0.2) is 13.6 Å². The van der Waals surface area contributed by atoms with Crippen LogP contribution in [0.4, 0.5) is 8.78 Å². The second kappa shape index (κ2) is 5.72. The third kappa shape index (κ3) is 2.77. The van der Waals surface area contributed by atoms with E-state index in [1.54, 1.807) is 0 Å². The smallest absolute Gasteiger partial charge is 0.328 e. The summed E-state index contributed by atoms with van der Waals surface area (Å²) in [5.41, 5.74) is 4.07. The number of fused-ring (bicyclic) bond motifs is 1. The first-order valence-electron chi connectivity index (χ1n) is 7.07. The van der Waals surface area contributed by atoms with Crippen LogP contribution in [0.5, 0.6) is 0 Å². The van der Waals surface area contributed by atoms with Crippen LogP contribution in [0.2, 0.25) is 0 Å². The van der Waals surface area contributed by atoms with Gasteiger partial charge in [-0.15, -0.1) is 0 Å². The fraction of sp³-hybridized carbons (Fsp3) is 0.167. The van der Waals surface area contributed by atoms with E-state index >= 15 is 0 Å². The number of rotatable bonds is 2. The van der Waals surface area contributed by atoms with Crippen LogP contribution in [0, 0.1) is 11.6 Å². The number of hydrogen-bond donors (Lipinski definition) is 1. The molecule has 2 aromatic carbocycles. The molecule has 0 saturated heterocycles. The molecule has 0 amide bonds. The molecule has 1 N–H and O–H groups in total. The van der Waals surface area contributed by atoms with E-state index in [-0.39, 0.29) is 0 Å². The van der Waals surface area contributed by atoms with Crippen molar-refractivity contribution in [1.82, 2.24) is 0 Å². The lowest BCUT2D eigenvalue weighted by atomic mass is 9.85. The molecule has 1 aliphatic carbocycles. The highest BCUT2D eigenvalue weighted by Gasteiger charge is 2.16. The highest BCUT2D eigenvalue weighted by atomic mass is 19.2. The molecule has 0 atom stereocenters. The van der Waals surface area contributed by atoms with Gasteiger partial charge in [-0.1, -0.05) is 18.2 Å². The number of aliphatic carboxylic acids is 1. The van der Waals surface area contributed by atoms with Gasteiger partial charge in [0.05, 0.1) is 0 Å². The van der Waals surface area contributed by atoms with Crippen molar-refractivity contribution in [3.8, 4) is 11.1 Å². The Morgan fingerprint density at radius 3 is 2.45 bits per heavy atom. The van der Waals surface area contributed by atoms with Gasteiger partial charge in [0.2, 0.25) is 0 Å². The minimum Gasteiger partial charge on any atom is -0.478 e. The molecule has 0 heterocycles. The fourth-order valence-electron chi connectivity index (χ4n) is 2.85. The quantitative estimate of drug-likeness (QED) is 0.833. The van der Waals surface area contributed by atoms with E-state index < -0.39 is 17.6 Å². The number of halogens is 2. The standard InChI is InChI=1S/C18H14F2O2/c19-16-7-6-13(9-17(16)20)12-5-4-11-2-1-3-14(10-18(21)22)15(11)8-12/h4-10H,1-3H2,(H,21,22)/b14-10+. The summed E-state index contributed by atoms with van der Waals surface area (Å²) in [6, 6.07) is 9.41. The van der Waals surface area contributed by atoms with Gasteiger partial charge in [0, 0.05) is 6.08 Å². The van der Waals surface area contributed by atoms with Gasteiger partial charge in [0.25, 0.3) is 0 Å². The molecular formula is C18H14F2O2. The Bertz CT molecular complexity index is 779. The number of carboxylic acids is 1. The summed E-state index contributed by atoms with van der Waals surface area (Å²) < 4.78 is 26.4. The van der Waals surface area contributed by atoms with Crippen LogP contribution in [-0.4, -0.2) is 11.1 Å². The maximum Gasteiger partial charge on any atom is 0.328 e. The molecule has 0 saturated carbocycles. The number of allylic oxidation sites excluding steroid dienone is 1. The summed E-state index contributed by atoms with van der Waals surface area (Å²) >= 11 is 0. The van der Waals surface area contributed by atoms with Crippen molar-refractivity contribution < 1.29 is 18.7 Å². The van der Waals surface area contributed by atoms with Crippen molar-refractivity contribution >= 4 is 11.5 Å². The van der Waals surface area contributed by atoms with Gasteiger partial charge in [-0.05, 0) is 65.3 Å². The fourth-order valence-corrected chi connectivity index (χ4v) is 2.85. The minimum absolute atomic E-state index is 0.571. The van der Waals surface area contributed by atoms with E-state index in [0.717, 1.165) is 47.2 Å². The Balaban J connectivity index is 2.09. The van der Waals surface area contributed by atoms with Crippen LogP contribution < -0.4 is 0 Å². The molecule has 3 rings (SSSR count). The summed E-state index contributed by atoms with van der Waals surface area (Å²) in [5, 5.41) is 8.98. The summed E-state index contributed by atoms with van der Waals surface area (Å²) in [4.78, 5) is 10.9. The third-order valence-corrected chi connectivity index (χ3v) is 3.90. The van der Waals surface area contributed by atoms with Gasteiger partial charge in [0.15, 0.2) is 11.6 Å². The predicted octanol–water partition coefficient (Wildman–Crippen LogP) is 4.44. The predicted molar refractivity (Wildman–Crippen MR) is 80.3 cm³/mol. The maximum atomic E-state index is 13.4. The zero-order valence-electron chi connectivity index (χ0n) is 11.8. The summed E-state index contributed by atoms with van der Waals surface area (Å²) in [5.74, 6) is -2.74. The number of benzene rings is 2. The topological polar surface area (TPSA) is 37.3 Å². The van der Waals surface area contributed by atoms with Crippen molar-refractivity contribution in [1.29, 1.82) is 0 Å². The average molecular weight is 300 g/mol. The van der Waals surface area contributed by atoms with E-state index in [2.05, 4.69) is 0 Å². The molecule has 2 nitrogen and oxygen atoms in total. The zero-order valence-corrected chi connectivity index (χ0v) is 11.8. The van der Waals surface area contributed by atoms with Crippen molar-refractivity contribution in [2.45, 2.75) is 19.3 Å². The van der Waals surface area contributed by atoms with Crippen LogP contribution >= 0.6 is 0 Å². The molecule has 112 valence electrons. The SMILES string of the molecule is O=C(O)/C=C1\CCCc2ccc(-c3ccc(F)c(F)c3)cc21. The van der Waals surface area contributed by atoms with Crippen molar-refractivity contribution in [3.63, 3.8) is 0 Å². The highest BCUT2D eigenvalue weighted by molar-refractivity contribution is 5.91. The van der Waals surface area contributed by atoms with Crippen molar-refractivity contribution in [2.75, 3.05) is 0 Å². The lowest BCUT2D eigenvalue weighted by Gasteiger charge is -2.20. The maximum absolute atomic E-state index is 13.4. The molecule has 0 radical (unpaired) electrons. The monoisotopic (exact) mass is 300 g/mol. The van der Waals surface area contributed by atoms with E-state index in [1.807, 2.05) is 18.2 Å².